The molecule has 1 aliphatic rings. The maximum Gasteiger partial charge on any atom is 0.279 e. The van der Waals surface area contributed by atoms with E-state index in [2.05, 4.69) is 4.72 Å². The van der Waals surface area contributed by atoms with Crippen LogP contribution in [0.1, 0.15) is 13.8 Å². The van der Waals surface area contributed by atoms with Crippen LogP contribution in [0.15, 0.2) is 0 Å². The third kappa shape index (κ3) is 2.91. The second-order valence-electron chi connectivity index (χ2n) is 3.04. The quantitative estimate of drug-likeness (QED) is 0.684. The monoisotopic (exact) mass is 208 g/mol. The minimum absolute atomic E-state index is 0.0119. The summed E-state index contributed by atoms with van der Waals surface area (Å²) >= 11 is 0. The third-order valence-electron chi connectivity index (χ3n) is 1.87. The molecule has 6 heteroatoms. The number of nitrogens with zero attached hydrogens (tertiary/aromatic N) is 1. The van der Waals surface area contributed by atoms with Crippen molar-refractivity contribution in [3.05, 3.63) is 0 Å². The fraction of sp³-hybridized carbons (Fsp3) is 1.00. The van der Waals surface area contributed by atoms with Crippen LogP contribution in [0.2, 0.25) is 0 Å². The van der Waals surface area contributed by atoms with Crippen molar-refractivity contribution in [3.63, 3.8) is 0 Å². The van der Waals surface area contributed by atoms with Gasteiger partial charge in [0, 0.05) is 19.6 Å². The van der Waals surface area contributed by atoms with Gasteiger partial charge in [0.25, 0.3) is 10.2 Å². The van der Waals surface area contributed by atoms with Gasteiger partial charge in [0.1, 0.15) is 0 Å². The van der Waals surface area contributed by atoms with Crippen molar-refractivity contribution in [1.29, 1.82) is 0 Å². The minimum Gasteiger partial charge on any atom is -0.376 e. The van der Waals surface area contributed by atoms with Crippen molar-refractivity contribution in [2.45, 2.75) is 20.0 Å². The van der Waals surface area contributed by atoms with Gasteiger partial charge in [-0.2, -0.15) is 12.7 Å². The Bertz CT molecular complexity index is 252. The summed E-state index contributed by atoms with van der Waals surface area (Å²) in [5.74, 6) is 0. The van der Waals surface area contributed by atoms with Crippen molar-refractivity contribution in [3.8, 4) is 0 Å². The number of hydrogen-bond donors (Lipinski definition) is 1. The van der Waals surface area contributed by atoms with Crippen molar-refractivity contribution >= 4 is 10.2 Å². The Labute approximate surface area is 79.2 Å². The Morgan fingerprint density at radius 3 is 2.85 bits per heavy atom. The summed E-state index contributed by atoms with van der Waals surface area (Å²) in [6, 6.07) is 0. The molecule has 0 aromatic carbocycles. The summed E-state index contributed by atoms with van der Waals surface area (Å²) in [6.07, 6.45) is -0.0119. The average Bonchev–Trinajstić information content (AvgIpc) is 2.04. The molecule has 0 aromatic heterocycles. The second kappa shape index (κ2) is 4.36. The maximum absolute atomic E-state index is 11.5. The van der Waals surface area contributed by atoms with Crippen LogP contribution in [-0.2, 0) is 14.9 Å². The molecule has 5 nitrogen and oxygen atoms in total. The molecule has 0 aromatic rings. The van der Waals surface area contributed by atoms with E-state index in [9.17, 15) is 8.42 Å². The average molecular weight is 208 g/mol. The number of ether oxygens (including phenoxy) is 1. The molecule has 0 radical (unpaired) electrons. The van der Waals surface area contributed by atoms with Gasteiger partial charge in [-0.1, -0.05) is 6.92 Å². The standard InChI is InChI=1S/C7H16N2O3S/c1-3-8-13(10,11)9-4-5-12-7(2)6-9/h7-8H,3-6H2,1-2H3. The van der Waals surface area contributed by atoms with Gasteiger partial charge in [-0.05, 0) is 6.92 Å². The van der Waals surface area contributed by atoms with Gasteiger partial charge in [0.2, 0.25) is 0 Å². The fourth-order valence-corrected chi connectivity index (χ4v) is 2.55. The van der Waals surface area contributed by atoms with Crippen LogP contribution in [0.4, 0.5) is 0 Å². The first kappa shape index (κ1) is 10.9. The molecule has 1 rings (SSSR count). The molecular formula is C7H16N2O3S. The van der Waals surface area contributed by atoms with Crippen LogP contribution in [0.25, 0.3) is 0 Å². The first-order valence-electron chi connectivity index (χ1n) is 4.42. The van der Waals surface area contributed by atoms with E-state index in [1.54, 1.807) is 6.92 Å². The van der Waals surface area contributed by atoms with Gasteiger partial charge in [0.05, 0.1) is 12.7 Å². The highest BCUT2D eigenvalue weighted by Gasteiger charge is 2.26. The van der Waals surface area contributed by atoms with Crippen LogP contribution >= 0.6 is 0 Å². The third-order valence-corrected chi connectivity index (χ3v) is 3.54. The molecule has 0 bridgehead atoms. The molecule has 1 atom stereocenters. The van der Waals surface area contributed by atoms with Gasteiger partial charge < -0.3 is 4.74 Å². The SMILES string of the molecule is CCNS(=O)(=O)N1CCOC(C)C1. The van der Waals surface area contributed by atoms with E-state index >= 15 is 0 Å². The summed E-state index contributed by atoms with van der Waals surface area (Å²) in [5.41, 5.74) is 0. The fourth-order valence-electron chi connectivity index (χ4n) is 1.28. The van der Waals surface area contributed by atoms with E-state index in [1.807, 2.05) is 6.92 Å². The van der Waals surface area contributed by atoms with Crippen molar-refractivity contribution in [2.24, 2.45) is 0 Å². The molecule has 1 unspecified atom stereocenters. The Balaban J connectivity index is 2.60. The van der Waals surface area contributed by atoms with Gasteiger partial charge in [-0.3, -0.25) is 0 Å². The predicted octanol–water partition coefficient (Wildman–Crippen LogP) is -0.439. The topological polar surface area (TPSA) is 58.6 Å². The summed E-state index contributed by atoms with van der Waals surface area (Å²) in [4.78, 5) is 0. The van der Waals surface area contributed by atoms with E-state index in [-0.39, 0.29) is 6.10 Å². The summed E-state index contributed by atoms with van der Waals surface area (Å²) in [6.45, 7) is 5.42. The van der Waals surface area contributed by atoms with E-state index in [4.69, 9.17) is 4.74 Å². The highest BCUT2D eigenvalue weighted by Crippen LogP contribution is 2.07. The molecule has 1 aliphatic heterocycles. The lowest BCUT2D eigenvalue weighted by Gasteiger charge is -2.30. The zero-order valence-corrected chi connectivity index (χ0v) is 8.80. The summed E-state index contributed by atoms with van der Waals surface area (Å²) in [7, 11) is -3.26. The molecule has 1 N–H and O–H groups in total. The molecule has 1 saturated heterocycles. The van der Waals surface area contributed by atoms with Crippen molar-refractivity contribution < 1.29 is 13.2 Å². The molecule has 0 spiro atoms. The van der Waals surface area contributed by atoms with Gasteiger partial charge >= 0.3 is 0 Å². The first-order chi connectivity index (χ1) is 6.06. The number of hydrogen-bond acceptors (Lipinski definition) is 3. The van der Waals surface area contributed by atoms with Gasteiger partial charge in [0.15, 0.2) is 0 Å². The molecule has 13 heavy (non-hydrogen) atoms. The Morgan fingerprint density at radius 2 is 2.31 bits per heavy atom. The van der Waals surface area contributed by atoms with Crippen molar-refractivity contribution in [2.75, 3.05) is 26.2 Å². The zero-order valence-electron chi connectivity index (χ0n) is 7.99. The molecule has 1 fully saturated rings. The van der Waals surface area contributed by atoms with E-state index < -0.39 is 10.2 Å². The number of rotatable bonds is 3. The van der Waals surface area contributed by atoms with Gasteiger partial charge in [-0.15, -0.1) is 0 Å². The lowest BCUT2D eigenvalue weighted by Crippen LogP contribution is -2.49. The highest BCUT2D eigenvalue weighted by molar-refractivity contribution is 7.87. The molecule has 0 saturated carbocycles. The summed E-state index contributed by atoms with van der Waals surface area (Å²) < 4.78 is 32.1. The first-order valence-corrected chi connectivity index (χ1v) is 5.86. The number of morpholine rings is 1. The lowest BCUT2D eigenvalue weighted by atomic mass is 10.3. The van der Waals surface area contributed by atoms with Crippen LogP contribution in [0.3, 0.4) is 0 Å². The van der Waals surface area contributed by atoms with Crippen LogP contribution in [-0.4, -0.2) is 45.1 Å². The molecule has 0 aliphatic carbocycles. The van der Waals surface area contributed by atoms with E-state index in [0.29, 0.717) is 26.2 Å². The molecule has 78 valence electrons. The highest BCUT2D eigenvalue weighted by atomic mass is 32.2. The van der Waals surface area contributed by atoms with E-state index in [0.717, 1.165) is 0 Å². The van der Waals surface area contributed by atoms with E-state index in [1.165, 1.54) is 4.31 Å². The second-order valence-corrected chi connectivity index (χ2v) is 4.80. The zero-order chi connectivity index (χ0) is 9.90. The Morgan fingerprint density at radius 1 is 1.62 bits per heavy atom. The van der Waals surface area contributed by atoms with Gasteiger partial charge in [-0.25, -0.2) is 4.72 Å². The minimum atomic E-state index is -3.26. The molecule has 0 amide bonds. The largest absolute Gasteiger partial charge is 0.376 e. The van der Waals surface area contributed by atoms with Crippen LogP contribution in [0.5, 0.6) is 0 Å². The van der Waals surface area contributed by atoms with Crippen molar-refractivity contribution in [1.82, 2.24) is 9.03 Å². The Hall–Kier alpha value is -0.170. The van der Waals surface area contributed by atoms with Crippen LogP contribution < -0.4 is 4.72 Å². The Kier molecular flexibility index (Phi) is 3.66. The lowest BCUT2D eigenvalue weighted by molar-refractivity contribution is 0.00980. The predicted molar refractivity (Wildman–Crippen MR) is 49.6 cm³/mol. The van der Waals surface area contributed by atoms with Crippen LogP contribution in [0, 0.1) is 0 Å². The number of nitrogens with one attached hydrogen (secondary N) is 1. The smallest absolute Gasteiger partial charge is 0.279 e. The normalized spacial score (nSPS) is 26.2. The molecular weight excluding hydrogens is 192 g/mol. The summed E-state index contributed by atoms with van der Waals surface area (Å²) in [5, 5.41) is 0. The molecule has 1 heterocycles. The maximum atomic E-state index is 11.5.